The van der Waals surface area contributed by atoms with Gasteiger partial charge in [-0.3, -0.25) is 9.59 Å². The second kappa shape index (κ2) is 8.05. The number of amides is 1. The second-order valence-electron chi connectivity index (χ2n) is 7.36. The largest absolute Gasteiger partial charge is 0.376 e. The number of aromatic amines is 1. The van der Waals surface area contributed by atoms with Gasteiger partial charge in [0.15, 0.2) is 0 Å². The Bertz CT molecular complexity index is 899. The average molecular weight is 367 g/mol. The van der Waals surface area contributed by atoms with Gasteiger partial charge in [0.1, 0.15) is 5.82 Å². The smallest absolute Gasteiger partial charge is 0.258 e. The Balaban J connectivity index is 1.58. The van der Waals surface area contributed by atoms with Crippen LogP contribution >= 0.6 is 0 Å². The number of H-pyrrole nitrogens is 1. The third-order valence-electron chi connectivity index (χ3n) is 5.38. The van der Waals surface area contributed by atoms with E-state index >= 15 is 0 Å². The van der Waals surface area contributed by atoms with Gasteiger partial charge < -0.3 is 14.6 Å². The van der Waals surface area contributed by atoms with Crippen LogP contribution in [0.1, 0.15) is 37.9 Å². The molecule has 1 amide bonds. The summed E-state index contributed by atoms with van der Waals surface area (Å²) >= 11 is 0. The minimum absolute atomic E-state index is 0.00332. The van der Waals surface area contributed by atoms with E-state index in [4.69, 9.17) is 4.74 Å². The lowest BCUT2D eigenvalue weighted by atomic mass is 9.93. The second-order valence-corrected chi connectivity index (χ2v) is 7.36. The number of aromatic nitrogens is 2. The van der Waals surface area contributed by atoms with E-state index in [9.17, 15) is 9.59 Å². The lowest BCUT2D eigenvalue weighted by Gasteiger charge is -2.29. The van der Waals surface area contributed by atoms with Crippen molar-refractivity contribution in [2.75, 3.05) is 13.2 Å². The van der Waals surface area contributed by atoms with E-state index in [1.807, 2.05) is 23.1 Å². The topological polar surface area (TPSA) is 75.3 Å². The first-order valence-corrected chi connectivity index (χ1v) is 9.74. The van der Waals surface area contributed by atoms with Crippen LogP contribution in [0.3, 0.4) is 0 Å². The van der Waals surface area contributed by atoms with Gasteiger partial charge in [0.25, 0.3) is 5.56 Å². The summed E-state index contributed by atoms with van der Waals surface area (Å²) in [6, 6.07) is 7.27. The fraction of sp³-hybridized carbons (Fsp3) is 0.476. The number of fused-ring (bicyclic) bond motifs is 1. The highest BCUT2D eigenvalue weighted by molar-refractivity contribution is 5.79. The van der Waals surface area contributed by atoms with Crippen LogP contribution in [0.5, 0.6) is 0 Å². The molecule has 142 valence electrons. The molecular formula is C21H25N3O3. The number of nitrogens with zero attached hydrogens (tertiary/aromatic N) is 2. The molecule has 0 unspecified atom stereocenters. The first-order valence-electron chi connectivity index (χ1n) is 9.74. The zero-order valence-corrected chi connectivity index (χ0v) is 15.4. The van der Waals surface area contributed by atoms with Crippen LogP contribution in [-0.2, 0) is 16.1 Å². The van der Waals surface area contributed by atoms with Crippen molar-refractivity contribution in [1.82, 2.24) is 14.9 Å². The number of hydrogen-bond acceptors (Lipinski definition) is 4. The fourth-order valence-electron chi connectivity index (χ4n) is 3.93. The van der Waals surface area contributed by atoms with Crippen LogP contribution in [0, 0.1) is 5.92 Å². The van der Waals surface area contributed by atoms with Crippen LogP contribution in [0.4, 0.5) is 0 Å². The van der Waals surface area contributed by atoms with Gasteiger partial charge >= 0.3 is 0 Å². The van der Waals surface area contributed by atoms with Crippen LogP contribution in [0.25, 0.3) is 10.9 Å². The summed E-state index contributed by atoms with van der Waals surface area (Å²) in [4.78, 5) is 34.8. The van der Waals surface area contributed by atoms with E-state index in [0.29, 0.717) is 29.8 Å². The summed E-state index contributed by atoms with van der Waals surface area (Å²) in [5.41, 5.74) is 0.488. The Morgan fingerprint density at radius 2 is 2.15 bits per heavy atom. The standard InChI is InChI=1S/C21H25N3O3/c25-20-17-10-4-5-11-18(17)22-19(23-20)14-24(13-16-9-6-12-27-16)21(26)15-7-2-1-3-8-15/h1-2,4-5,10-11,15-16H,3,6-9,12-14H2,(H,22,23,25)/t15-,16-/m0/s1. The van der Waals surface area contributed by atoms with E-state index in [1.165, 1.54) is 0 Å². The zero-order valence-electron chi connectivity index (χ0n) is 15.4. The molecule has 0 radical (unpaired) electrons. The normalized spacial score (nSPS) is 22.2. The predicted octanol–water partition coefficient (Wildman–Crippen LogP) is 2.79. The fourth-order valence-corrected chi connectivity index (χ4v) is 3.93. The van der Waals surface area contributed by atoms with Crippen LogP contribution < -0.4 is 5.56 Å². The van der Waals surface area contributed by atoms with E-state index in [2.05, 4.69) is 22.1 Å². The van der Waals surface area contributed by atoms with E-state index in [-0.39, 0.29) is 23.5 Å². The molecule has 6 nitrogen and oxygen atoms in total. The molecule has 1 N–H and O–H groups in total. The van der Waals surface area contributed by atoms with Gasteiger partial charge in [-0.15, -0.1) is 0 Å². The quantitative estimate of drug-likeness (QED) is 0.825. The number of ether oxygens (including phenoxy) is 1. The molecule has 6 heteroatoms. The summed E-state index contributed by atoms with van der Waals surface area (Å²) < 4.78 is 5.75. The summed E-state index contributed by atoms with van der Waals surface area (Å²) in [5, 5.41) is 0.565. The summed E-state index contributed by atoms with van der Waals surface area (Å²) in [6.07, 6.45) is 8.89. The molecule has 2 heterocycles. The van der Waals surface area contributed by atoms with Crippen molar-refractivity contribution in [3.63, 3.8) is 0 Å². The van der Waals surface area contributed by atoms with Crippen molar-refractivity contribution in [1.29, 1.82) is 0 Å². The number of carbonyl (C=O) groups is 1. The monoisotopic (exact) mass is 367 g/mol. The highest BCUT2D eigenvalue weighted by Gasteiger charge is 2.28. The van der Waals surface area contributed by atoms with Crippen molar-refractivity contribution in [2.24, 2.45) is 5.92 Å². The molecule has 0 bridgehead atoms. The molecule has 27 heavy (non-hydrogen) atoms. The molecule has 1 aromatic heterocycles. The summed E-state index contributed by atoms with van der Waals surface area (Å²) in [5.74, 6) is 0.658. The van der Waals surface area contributed by atoms with Gasteiger partial charge in [-0.1, -0.05) is 24.3 Å². The van der Waals surface area contributed by atoms with Gasteiger partial charge in [0, 0.05) is 19.1 Å². The van der Waals surface area contributed by atoms with Gasteiger partial charge in [-0.2, -0.15) is 0 Å². The zero-order chi connectivity index (χ0) is 18.6. The van der Waals surface area contributed by atoms with Crippen molar-refractivity contribution in [3.05, 3.63) is 52.6 Å². The molecule has 1 fully saturated rings. The molecule has 2 aliphatic rings. The molecular weight excluding hydrogens is 342 g/mol. The molecule has 1 aromatic carbocycles. The molecule has 1 aliphatic carbocycles. The van der Waals surface area contributed by atoms with Gasteiger partial charge in [-0.05, 0) is 44.2 Å². The Hall–Kier alpha value is -2.47. The highest BCUT2D eigenvalue weighted by Crippen LogP contribution is 2.23. The van der Waals surface area contributed by atoms with Crippen LogP contribution in [0.2, 0.25) is 0 Å². The number of rotatable bonds is 5. The molecule has 1 aliphatic heterocycles. The minimum atomic E-state index is -0.166. The molecule has 1 saturated heterocycles. The Morgan fingerprint density at radius 3 is 2.93 bits per heavy atom. The Morgan fingerprint density at radius 1 is 1.26 bits per heavy atom. The summed E-state index contributed by atoms with van der Waals surface area (Å²) in [7, 11) is 0. The third kappa shape index (κ3) is 4.11. The summed E-state index contributed by atoms with van der Waals surface area (Å²) in [6.45, 7) is 1.61. The highest BCUT2D eigenvalue weighted by atomic mass is 16.5. The maximum absolute atomic E-state index is 13.2. The Labute approximate surface area is 158 Å². The van der Waals surface area contributed by atoms with Crippen molar-refractivity contribution < 1.29 is 9.53 Å². The van der Waals surface area contributed by atoms with E-state index in [1.54, 1.807) is 6.07 Å². The van der Waals surface area contributed by atoms with Gasteiger partial charge in [0.2, 0.25) is 5.91 Å². The van der Waals surface area contributed by atoms with Gasteiger partial charge in [-0.25, -0.2) is 4.98 Å². The first-order chi connectivity index (χ1) is 13.2. The average Bonchev–Trinajstić information content (AvgIpc) is 3.21. The van der Waals surface area contributed by atoms with Gasteiger partial charge in [0.05, 0.1) is 23.6 Å². The minimum Gasteiger partial charge on any atom is -0.376 e. The van der Waals surface area contributed by atoms with Crippen molar-refractivity contribution in [2.45, 2.75) is 44.8 Å². The number of nitrogens with one attached hydrogen (secondary N) is 1. The number of allylic oxidation sites excluding steroid dienone is 2. The predicted molar refractivity (Wildman–Crippen MR) is 103 cm³/mol. The van der Waals surface area contributed by atoms with Crippen molar-refractivity contribution in [3.8, 4) is 0 Å². The lowest BCUT2D eigenvalue weighted by Crippen LogP contribution is -2.41. The molecule has 0 spiro atoms. The third-order valence-corrected chi connectivity index (χ3v) is 5.38. The SMILES string of the molecule is O=C([C@H]1CC=CCC1)N(Cc1nc2ccccc2c(=O)[nH]1)C[C@@H]1CCCO1. The van der Waals surface area contributed by atoms with Crippen LogP contribution in [0.15, 0.2) is 41.2 Å². The maximum Gasteiger partial charge on any atom is 0.258 e. The maximum atomic E-state index is 13.2. The Kier molecular flexibility index (Phi) is 5.34. The number of benzene rings is 1. The molecule has 0 saturated carbocycles. The number of hydrogen-bond donors (Lipinski definition) is 1. The van der Waals surface area contributed by atoms with Crippen LogP contribution in [-0.4, -0.2) is 40.0 Å². The molecule has 2 aromatic rings. The van der Waals surface area contributed by atoms with E-state index in [0.717, 1.165) is 38.7 Å². The number of carbonyl (C=O) groups excluding carboxylic acids is 1. The number of para-hydroxylation sites is 1. The van der Waals surface area contributed by atoms with Crippen molar-refractivity contribution >= 4 is 16.8 Å². The molecule has 4 rings (SSSR count). The van der Waals surface area contributed by atoms with E-state index < -0.39 is 0 Å². The first kappa shape index (κ1) is 17.9. The lowest BCUT2D eigenvalue weighted by molar-refractivity contribution is -0.138. The molecule has 2 atom stereocenters.